The van der Waals surface area contributed by atoms with Crippen LogP contribution in [0.5, 0.6) is 23.0 Å². The van der Waals surface area contributed by atoms with Crippen LogP contribution in [-0.4, -0.2) is 85.2 Å². The summed E-state index contributed by atoms with van der Waals surface area (Å²) < 4.78 is 82.8. The highest BCUT2D eigenvalue weighted by molar-refractivity contribution is 8.07. The van der Waals surface area contributed by atoms with Gasteiger partial charge in [-0.05, 0) is 107 Å². The van der Waals surface area contributed by atoms with E-state index in [9.17, 15) is 14.4 Å². The van der Waals surface area contributed by atoms with Gasteiger partial charge < -0.3 is 48.2 Å². The number of anilines is 1. The van der Waals surface area contributed by atoms with Crippen molar-refractivity contribution >= 4 is 24.4 Å². The van der Waals surface area contributed by atoms with Crippen molar-refractivity contribution < 1.29 is 51.1 Å². The Morgan fingerprint density at radius 3 is 1.51 bits per heavy atom. The summed E-state index contributed by atoms with van der Waals surface area (Å²) in [7, 11) is 6.31. The molecule has 8 aromatic rings. The molecule has 1 unspecified atom stereocenters. The molecular formula is C61H61FN5O13PS. The number of aromatic amines is 1. The molecule has 2 aliphatic heterocycles. The fourth-order valence-electron chi connectivity index (χ4n) is 10.6. The molecule has 2 aliphatic rings. The average molecular weight is 1150 g/mol. The molecule has 426 valence electrons. The molecule has 0 radical (unpaired) electrons. The quantitative estimate of drug-likeness (QED) is 0.0479. The fraction of sp³-hybridized carbons (Fsp3) is 0.279. The second-order valence-electron chi connectivity index (χ2n) is 19.6. The van der Waals surface area contributed by atoms with Crippen molar-refractivity contribution in [1.29, 1.82) is 0 Å². The van der Waals surface area contributed by atoms with Crippen LogP contribution in [0.3, 0.4) is 0 Å². The number of hydrogen-bond acceptors (Lipinski definition) is 16. The number of nitrogen functional groups attached to an aromatic ring is 1. The van der Waals surface area contributed by atoms with Crippen molar-refractivity contribution in [1.82, 2.24) is 19.1 Å². The number of benzene rings is 6. The number of nitrogens with one attached hydrogen (secondary N) is 1. The predicted molar refractivity (Wildman–Crippen MR) is 308 cm³/mol. The maximum atomic E-state index is 17.7. The molecule has 4 heterocycles. The van der Waals surface area contributed by atoms with Crippen molar-refractivity contribution in [2.45, 2.75) is 67.8 Å². The molecule has 18 nitrogen and oxygen atoms in total. The fourth-order valence-corrected chi connectivity index (χ4v) is 12.1. The largest absolute Gasteiger partial charge is 0.497 e. The van der Waals surface area contributed by atoms with Gasteiger partial charge in [-0.2, -0.15) is 9.18 Å². The van der Waals surface area contributed by atoms with Crippen LogP contribution in [0, 0.1) is 6.92 Å². The van der Waals surface area contributed by atoms with Gasteiger partial charge in [0.15, 0.2) is 0 Å². The van der Waals surface area contributed by atoms with E-state index >= 15 is 4.20 Å². The molecule has 0 bridgehead atoms. The summed E-state index contributed by atoms with van der Waals surface area (Å²) in [5.74, 6) is 2.45. The number of nitrogens with two attached hydrogens (primary N) is 1. The van der Waals surface area contributed by atoms with E-state index in [1.54, 1.807) is 35.4 Å². The molecule has 3 N–H and O–H groups in total. The molecule has 2 saturated heterocycles. The summed E-state index contributed by atoms with van der Waals surface area (Å²) in [6, 6.07) is 50.3. The van der Waals surface area contributed by atoms with Crippen LogP contribution in [0.25, 0.3) is 0 Å². The maximum Gasteiger partial charge on any atom is 0.366 e. The van der Waals surface area contributed by atoms with Crippen molar-refractivity contribution in [3.05, 3.63) is 246 Å². The van der Waals surface area contributed by atoms with Gasteiger partial charge in [0.25, 0.3) is 5.56 Å². The van der Waals surface area contributed by atoms with Gasteiger partial charge in [-0.1, -0.05) is 109 Å². The minimum atomic E-state index is -4.84. The Morgan fingerprint density at radius 1 is 0.610 bits per heavy atom. The van der Waals surface area contributed by atoms with E-state index in [0.717, 1.165) is 22.3 Å². The molecule has 0 saturated carbocycles. The minimum Gasteiger partial charge on any atom is -0.497 e. The Labute approximate surface area is 477 Å². The molecule has 21 heteroatoms. The van der Waals surface area contributed by atoms with Crippen molar-refractivity contribution in [2.75, 3.05) is 47.4 Å². The van der Waals surface area contributed by atoms with Crippen LogP contribution in [0.4, 0.5) is 10.0 Å². The van der Waals surface area contributed by atoms with Gasteiger partial charge in [0.2, 0.25) is 0 Å². The highest BCUT2D eigenvalue weighted by Crippen LogP contribution is 2.55. The highest BCUT2D eigenvalue weighted by Gasteiger charge is 2.49. The monoisotopic (exact) mass is 1150 g/mol. The summed E-state index contributed by atoms with van der Waals surface area (Å²) in [6.07, 6.45) is -3.70. The lowest BCUT2D eigenvalue weighted by molar-refractivity contribution is -0.101. The zero-order valence-corrected chi connectivity index (χ0v) is 47.2. The molecule has 6 aromatic carbocycles. The van der Waals surface area contributed by atoms with Gasteiger partial charge in [0.05, 0.1) is 47.8 Å². The van der Waals surface area contributed by atoms with Crippen LogP contribution in [0.1, 0.15) is 64.2 Å². The van der Waals surface area contributed by atoms with Crippen LogP contribution in [0.15, 0.2) is 191 Å². The van der Waals surface area contributed by atoms with E-state index in [1.165, 1.54) is 27.6 Å². The van der Waals surface area contributed by atoms with Gasteiger partial charge in [0.1, 0.15) is 70.8 Å². The van der Waals surface area contributed by atoms with Crippen LogP contribution in [0.2, 0.25) is 0 Å². The molecule has 0 spiro atoms. The molecule has 0 aliphatic carbocycles. The minimum absolute atomic E-state index is 0.000517. The average Bonchev–Trinajstić information content (AvgIpc) is 4.25. The number of aryl methyl sites for hydroxylation is 1. The Kier molecular flexibility index (Phi) is 17.3. The summed E-state index contributed by atoms with van der Waals surface area (Å²) in [5, 5.41) is 0. The lowest BCUT2D eigenvalue weighted by atomic mass is 9.79. The first kappa shape index (κ1) is 57.5. The van der Waals surface area contributed by atoms with Gasteiger partial charge in [-0.25, -0.2) is 9.59 Å². The van der Waals surface area contributed by atoms with E-state index in [1.807, 2.05) is 158 Å². The van der Waals surface area contributed by atoms with E-state index < -0.39 is 78.4 Å². The summed E-state index contributed by atoms with van der Waals surface area (Å²) in [6.45, 7) is -4.05. The number of ether oxygens (including phenoxy) is 8. The molecule has 82 heavy (non-hydrogen) atoms. The van der Waals surface area contributed by atoms with Crippen LogP contribution in [-0.2, 0) is 51.0 Å². The molecular weight excluding hydrogens is 1090 g/mol. The van der Waals surface area contributed by atoms with Crippen LogP contribution >= 0.6 is 6.80 Å². The van der Waals surface area contributed by atoms with Gasteiger partial charge >= 0.3 is 18.2 Å². The number of hydrogen-bond donors (Lipinski definition) is 2. The van der Waals surface area contributed by atoms with E-state index in [4.69, 9.17) is 64.5 Å². The summed E-state index contributed by atoms with van der Waals surface area (Å²) in [5.41, 5.74) is 5.72. The molecule has 7 atom stereocenters. The first-order chi connectivity index (χ1) is 39.7. The molecule has 10 rings (SSSR count). The van der Waals surface area contributed by atoms with Gasteiger partial charge in [-0.3, -0.25) is 23.4 Å². The lowest BCUT2D eigenvalue weighted by Gasteiger charge is -2.39. The Balaban J connectivity index is 1.01. The summed E-state index contributed by atoms with van der Waals surface area (Å²) in [4.78, 5) is 45.9. The second-order valence-corrected chi connectivity index (χ2v) is 22.2. The zero-order valence-electron chi connectivity index (χ0n) is 45.5. The van der Waals surface area contributed by atoms with Crippen LogP contribution < -0.4 is 41.6 Å². The third-order valence-corrected chi connectivity index (χ3v) is 16.3. The SMILES string of the molecule is COc1ccc(C(OC[C@H]2O[C@@H](n3ccc(N)nc3=O)C[C@@H]2OP(F)(=S)OC[C@H]2O[C@@H](n3cc(C)c(=O)[nH]c3=O)C[C@@H]2OC(c2ccccc2)(c2ccc(OC)cc2)c2ccc(OC)cc2)(c2ccccc2)c2ccc(OC)cc2)cc1. The Morgan fingerprint density at radius 2 is 1.04 bits per heavy atom. The maximum absolute atomic E-state index is 17.7. The number of rotatable bonds is 22. The number of aromatic nitrogens is 4. The van der Waals surface area contributed by atoms with Gasteiger partial charge in [-0.15, -0.1) is 0 Å². The number of methoxy groups -OCH3 is 4. The topological polar surface area (TPSA) is 208 Å². The number of halogens is 1. The van der Waals surface area contributed by atoms with Crippen molar-refractivity contribution in [3.8, 4) is 23.0 Å². The van der Waals surface area contributed by atoms with Crippen molar-refractivity contribution in [2.24, 2.45) is 0 Å². The molecule has 0 amide bonds. The normalized spacial score (nSPS) is 19.8. The first-order valence-corrected chi connectivity index (χ1v) is 28.8. The highest BCUT2D eigenvalue weighted by atomic mass is 32.5. The third-order valence-electron chi connectivity index (χ3n) is 14.8. The first-order valence-electron chi connectivity index (χ1n) is 26.3. The lowest BCUT2D eigenvalue weighted by Crippen LogP contribution is -2.41. The van der Waals surface area contributed by atoms with E-state index in [0.29, 0.717) is 34.1 Å². The standard InChI is InChI=1S/C61H61FN5O13PS/c1-39-36-67(59(70)65-57(39)68)56-34-50(79-61(41-14-10-7-11-15-41,44-20-28-48(73-4)29-21-44)45-22-30-49(74-5)31-23-45)53(78-56)38-76-81(62,82)80-51-35-55(66-33-32-54(63)64-58(66)69)77-52(51)37-75-60(40-12-8-6-9-13-40,42-16-24-46(71-2)25-17-42)43-18-26-47(72-3)27-19-43/h6-33,36,50-53,55-56H,34-35,37-38H2,1-5H3,(H2,63,64,69)(H,65,68,70)/t50-,51-,52+,53+,55+,56+,81?/m0/s1. The Hall–Kier alpha value is -7.78. The second kappa shape index (κ2) is 24.7. The van der Waals surface area contributed by atoms with Gasteiger partial charge in [0, 0.05) is 30.8 Å². The third kappa shape index (κ3) is 11.9. The zero-order chi connectivity index (χ0) is 57.6. The smallest absolute Gasteiger partial charge is 0.366 e. The van der Waals surface area contributed by atoms with E-state index in [-0.39, 0.29) is 30.8 Å². The number of H-pyrrole nitrogens is 1. The number of nitrogens with zero attached hydrogens (tertiary/aromatic N) is 3. The predicted octanol–water partition coefficient (Wildman–Crippen LogP) is 9.28. The Bertz CT molecular complexity index is 3590. The van der Waals surface area contributed by atoms with Crippen molar-refractivity contribution in [3.63, 3.8) is 0 Å². The molecule has 2 fully saturated rings. The summed E-state index contributed by atoms with van der Waals surface area (Å²) >= 11 is 5.67. The van der Waals surface area contributed by atoms with E-state index in [2.05, 4.69) is 9.97 Å². The molecule has 2 aromatic heterocycles.